The van der Waals surface area contributed by atoms with Crippen molar-refractivity contribution in [2.24, 2.45) is 11.7 Å². The fourth-order valence-electron chi connectivity index (χ4n) is 2.25. The first-order valence-corrected chi connectivity index (χ1v) is 6.53. The molecule has 2 amide bonds. The quantitative estimate of drug-likeness (QED) is 0.685. The highest BCUT2D eigenvalue weighted by atomic mass is 16.5. The van der Waals surface area contributed by atoms with E-state index in [1.54, 1.807) is 18.2 Å². The lowest BCUT2D eigenvalue weighted by Gasteiger charge is -2.16. The van der Waals surface area contributed by atoms with Crippen molar-refractivity contribution in [2.45, 2.75) is 12.6 Å². The van der Waals surface area contributed by atoms with Gasteiger partial charge >= 0.3 is 0 Å². The molecule has 6 nitrogen and oxygen atoms in total. The van der Waals surface area contributed by atoms with Gasteiger partial charge in [0, 0.05) is 18.2 Å². The Morgan fingerprint density at radius 3 is 2.90 bits per heavy atom. The third-order valence-corrected chi connectivity index (χ3v) is 3.47. The largest absolute Gasteiger partial charge is 0.379 e. The summed E-state index contributed by atoms with van der Waals surface area (Å²) in [6, 6.07) is 6.97. The van der Waals surface area contributed by atoms with Gasteiger partial charge in [0.15, 0.2) is 0 Å². The molecule has 2 rings (SSSR count). The molecule has 6 heteroatoms. The third kappa shape index (κ3) is 3.34. The Balaban J connectivity index is 1.93. The molecular weight excluding hydrogens is 258 g/mol. The minimum atomic E-state index is -0.474. The monoisotopic (exact) mass is 277 g/mol. The van der Waals surface area contributed by atoms with Gasteiger partial charge in [0.1, 0.15) is 0 Å². The first-order chi connectivity index (χ1) is 9.61. The van der Waals surface area contributed by atoms with E-state index in [1.807, 2.05) is 13.1 Å². The van der Waals surface area contributed by atoms with Crippen molar-refractivity contribution < 1.29 is 14.3 Å². The third-order valence-electron chi connectivity index (χ3n) is 3.47. The summed E-state index contributed by atoms with van der Waals surface area (Å²) in [6.45, 7) is 1.34. The number of carbonyl (C=O) groups excluding carboxylic acids is 2. The maximum Gasteiger partial charge on any atom is 0.248 e. The Kier molecular flexibility index (Phi) is 4.70. The van der Waals surface area contributed by atoms with E-state index < -0.39 is 5.91 Å². The minimum absolute atomic E-state index is 0.0481. The van der Waals surface area contributed by atoms with Crippen LogP contribution >= 0.6 is 0 Å². The molecule has 2 unspecified atom stereocenters. The molecule has 1 aliphatic rings. The van der Waals surface area contributed by atoms with Crippen LogP contribution in [0.15, 0.2) is 24.3 Å². The van der Waals surface area contributed by atoms with Crippen molar-refractivity contribution in [1.82, 2.24) is 10.6 Å². The van der Waals surface area contributed by atoms with Crippen LogP contribution in [0.4, 0.5) is 0 Å². The molecule has 0 radical (unpaired) electrons. The highest BCUT2D eigenvalue weighted by Gasteiger charge is 2.32. The van der Waals surface area contributed by atoms with E-state index in [-0.39, 0.29) is 17.9 Å². The summed E-state index contributed by atoms with van der Waals surface area (Å²) in [5, 5.41) is 5.93. The summed E-state index contributed by atoms with van der Waals surface area (Å²) < 4.78 is 5.30. The van der Waals surface area contributed by atoms with Gasteiger partial charge in [-0.1, -0.05) is 12.1 Å². The van der Waals surface area contributed by atoms with E-state index in [9.17, 15) is 9.59 Å². The van der Waals surface area contributed by atoms with Gasteiger partial charge in [0.25, 0.3) is 0 Å². The fourth-order valence-corrected chi connectivity index (χ4v) is 2.25. The number of likely N-dealkylation sites (N-methyl/N-ethyl adjacent to an activating group) is 1. The fraction of sp³-hybridized carbons (Fsp3) is 0.429. The Hall–Kier alpha value is -1.92. The average molecular weight is 277 g/mol. The number of hydrogen-bond donors (Lipinski definition) is 3. The SMILES string of the molecule is CNC1COCC1C(=O)NCc1cccc(C(N)=O)c1. The summed E-state index contributed by atoms with van der Waals surface area (Å²) >= 11 is 0. The number of carbonyl (C=O) groups is 2. The Morgan fingerprint density at radius 1 is 1.40 bits per heavy atom. The van der Waals surface area contributed by atoms with Crippen LogP contribution in [0.25, 0.3) is 0 Å². The highest BCUT2D eigenvalue weighted by molar-refractivity contribution is 5.92. The summed E-state index contributed by atoms with van der Waals surface area (Å²) in [5.74, 6) is -0.705. The Bertz CT molecular complexity index is 504. The van der Waals surface area contributed by atoms with Crippen molar-refractivity contribution in [3.8, 4) is 0 Å². The lowest BCUT2D eigenvalue weighted by Crippen LogP contribution is -2.42. The van der Waals surface area contributed by atoms with Crippen molar-refractivity contribution >= 4 is 11.8 Å². The Morgan fingerprint density at radius 2 is 2.20 bits per heavy atom. The van der Waals surface area contributed by atoms with Gasteiger partial charge < -0.3 is 21.1 Å². The maximum absolute atomic E-state index is 12.1. The topological polar surface area (TPSA) is 93.4 Å². The van der Waals surface area contributed by atoms with Crippen LogP contribution in [0.3, 0.4) is 0 Å². The van der Waals surface area contributed by atoms with Gasteiger partial charge in [0.2, 0.25) is 11.8 Å². The molecule has 1 aromatic rings. The van der Waals surface area contributed by atoms with E-state index in [0.717, 1.165) is 5.56 Å². The van der Waals surface area contributed by atoms with Crippen molar-refractivity contribution in [3.05, 3.63) is 35.4 Å². The molecule has 1 aromatic carbocycles. The standard InChI is InChI=1S/C14H19N3O3/c1-16-12-8-20-7-11(12)14(19)17-6-9-3-2-4-10(5-9)13(15)18/h2-5,11-12,16H,6-8H2,1H3,(H2,15,18)(H,17,19). The van der Waals surface area contributed by atoms with Gasteiger partial charge in [0.05, 0.1) is 19.1 Å². The second kappa shape index (κ2) is 6.49. The second-order valence-corrected chi connectivity index (χ2v) is 4.82. The number of primary amides is 1. The molecule has 0 spiro atoms. The molecule has 1 heterocycles. The summed E-state index contributed by atoms with van der Waals surface area (Å²) in [5.41, 5.74) is 6.50. The van der Waals surface area contributed by atoms with Crippen LogP contribution < -0.4 is 16.4 Å². The molecule has 4 N–H and O–H groups in total. The summed E-state index contributed by atoms with van der Waals surface area (Å²) in [4.78, 5) is 23.2. The first-order valence-electron chi connectivity index (χ1n) is 6.53. The number of nitrogens with one attached hydrogen (secondary N) is 2. The zero-order valence-corrected chi connectivity index (χ0v) is 11.4. The second-order valence-electron chi connectivity index (χ2n) is 4.82. The average Bonchev–Trinajstić information content (AvgIpc) is 2.93. The number of nitrogens with two attached hydrogens (primary N) is 1. The molecule has 1 fully saturated rings. The van der Waals surface area contributed by atoms with E-state index in [2.05, 4.69) is 10.6 Å². The predicted octanol–water partition coefficient (Wildman–Crippen LogP) is -0.364. The van der Waals surface area contributed by atoms with Gasteiger partial charge in [-0.15, -0.1) is 0 Å². The highest BCUT2D eigenvalue weighted by Crippen LogP contribution is 2.14. The number of rotatable bonds is 5. The van der Waals surface area contributed by atoms with Gasteiger partial charge in [-0.25, -0.2) is 0 Å². The molecule has 1 saturated heterocycles. The van der Waals surface area contributed by atoms with E-state index in [0.29, 0.717) is 25.3 Å². The Labute approximate surface area is 117 Å². The first kappa shape index (κ1) is 14.5. The number of ether oxygens (including phenoxy) is 1. The molecule has 108 valence electrons. The smallest absolute Gasteiger partial charge is 0.248 e. The molecule has 2 atom stereocenters. The number of hydrogen-bond acceptors (Lipinski definition) is 4. The normalized spacial score (nSPS) is 21.6. The molecule has 0 aliphatic carbocycles. The maximum atomic E-state index is 12.1. The molecule has 1 aliphatic heterocycles. The lowest BCUT2D eigenvalue weighted by molar-refractivity contribution is -0.125. The molecular formula is C14H19N3O3. The van der Waals surface area contributed by atoms with Gasteiger partial charge in [-0.2, -0.15) is 0 Å². The minimum Gasteiger partial charge on any atom is -0.379 e. The molecule has 0 aromatic heterocycles. The van der Waals surface area contributed by atoms with Crippen LogP contribution in [0.2, 0.25) is 0 Å². The van der Waals surface area contributed by atoms with Gasteiger partial charge in [-0.05, 0) is 24.7 Å². The van der Waals surface area contributed by atoms with Crippen LogP contribution in [0.5, 0.6) is 0 Å². The van der Waals surface area contributed by atoms with E-state index >= 15 is 0 Å². The van der Waals surface area contributed by atoms with Crippen molar-refractivity contribution in [2.75, 3.05) is 20.3 Å². The van der Waals surface area contributed by atoms with Crippen LogP contribution in [0.1, 0.15) is 15.9 Å². The molecule has 0 saturated carbocycles. The number of amides is 2. The van der Waals surface area contributed by atoms with E-state index in [1.165, 1.54) is 0 Å². The van der Waals surface area contributed by atoms with Crippen LogP contribution in [-0.4, -0.2) is 38.1 Å². The zero-order chi connectivity index (χ0) is 14.5. The lowest BCUT2D eigenvalue weighted by atomic mass is 10.0. The van der Waals surface area contributed by atoms with Gasteiger partial charge in [-0.3, -0.25) is 9.59 Å². The predicted molar refractivity (Wildman–Crippen MR) is 74.0 cm³/mol. The summed E-state index contributed by atoms with van der Waals surface area (Å²) in [7, 11) is 1.82. The number of benzene rings is 1. The van der Waals surface area contributed by atoms with E-state index in [4.69, 9.17) is 10.5 Å². The molecule has 20 heavy (non-hydrogen) atoms. The van der Waals surface area contributed by atoms with Crippen molar-refractivity contribution in [3.63, 3.8) is 0 Å². The van der Waals surface area contributed by atoms with Crippen LogP contribution in [-0.2, 0) is 16.1 Å². The summed E-state index contributed by atoms with van der Waals surface area (Å²) in [6.07, 6.45) is 0. The van der Waals surface area contributed by atoms with Crippen molar-refractivity contribution in [1.29, 1.82) is 0 Å². The molecule has 0 bridgehead atoms. The van der Waals surface area contributed by atoms with Crippen LogP contribution in [0, 0.1) is 5.92 Å². The zero-order valence-electron chi connectivity index (χ0n) is 11.4.